The number of nitrogens with one attached hydrogen (secondary N) is 2. The van der Waals surface area contributed by atoms with Crippen LogP contribution in [-0.2, 0) is 4.79 Å². The van der Waals surface area contributed by atoms with Crippen LogP contribution in [0.3, 0.4) is 0 Å². The summed E-state index contributed by atoms with van der Waals surface area (Å²) in [6.45, 7) is 12.0. The van der Waals surface area contributed by atoms with E-state index in [9.17, 15) is 4.79 Å². The summed E-state index contributed by atoms with van der Waals surface area (Å²) >= 11 is 0. The molecule has 2 N–H and O–H groups in total. The van der Waals surface area contributed by atoms with Crippen LogP contribution in [-0.4, -0.2) is 18.5 Å². The summed E-state index contributed by atoms with van der Waals surface area (Å²) in [5, 5.41) is 6.29. The highest BCUT2D eigenvalue weighted by atomic mass is 16.2. The third kappa shape index (κ3) is 2.73. The Bertz CT molecular complexity index is 465. The van der Waals surface area contributed by atoms with Crippen LogP contribution in [0.5, 0.6) is 0 Å². The zero-order valence-electron chi connectivity index (χ0n) is 13.2. The molecule has 1 aliphatic rings. The predicted octanol–water partition coefficient (Wildman–Crippen LogP) is 3.29. The van der Waals surface area contributed by atoms with Crippen molar-refractivity contribution in [1.29, 1.82) is 0 Å². The zero-order valence-corrected chi connectivity index (χ0v) is 13.2. The fourth-order valence-corrected chi connectivity index (χ4v) is 3.00. The third-order valence-corrected chi connectivity index (χ3v) is 5.38. The van der Waals surface area contributed by atoms with E-state index in [1.165, 1.54) is 0 Å². The summed E-state index contributed by atoms with van der Waals surface area (Å²) in [4.78, 5) is 12.1. The molecule has 3 heteroatoms. The van der Waals surface area contributed by atoms with Gasteiger partial charge >= 0.3 is 0 Å². The zero-order chi connectivity index (χ0) is 15.0. The van der Waals surface area contributed by atoms with Gasteiger partial charge in [-0.2, -0.15) is 0 Å². The smallest absolute Gasteiger partial charge is 0.241 e. The van der Waals surface area contributed by atoms with E-state index in [1.54, 1.807) is 0 Å². The molecule has 0 aliphatic heterocycles. The highest BCUT2D eigenvalue weighted by Gasteiger charge is 2.63. The summed E-state index contributed by atoms with van der Waals surface area (Å²) in [7, 11) is 0. The normalized spacial score (nSPS) is 21.2. The largest absolute Gasteiger partial charge is 0.325 e. The second-order valence-corrected chi connectivity index (χ2v) is 6.98. The Morgan fingerprint density at radius 3 is 2.20 bits per heavy atom. The number of carbonyl (C=O) groups excluding carboxylic acids is 1. The predicted molar refractivity (Wildman–Crippen MR) is 83.6 cm³/mol. The van der Waals surface area contributed by atoms with Crippen molar-refractivity contribution < 1.29 is 4.79 Å². The topological polar surface area (TPSA) is 41.1 Å². The van der Waals surface area contributed by atoms with E-state index in [2.05, 4.69) is 38.3 Å². The highest BCUT2D eigenvalue weighted by molar-refractivity contribution is 5.94. The van der Waals surface area contributed by atoms with Gasteiger partial charge in [-0.1, -0.05) is 45.9 Å². The molecule has 0 aromatic heterocycles. The monoisotopic (exact) mass is 274 g/mol. The maximum Gasteiger partial charge on any atom is 0.241 e. The van der Waals surface area contributed by atoms with E-state index in [1.807, 2.05) is 37.3 Å². The molecule has 1 fully saturated rings. The second kappa shape index (κ2) is 5.21. The summed E-state index contributed by atoms with van der Waals surface area (Å²) < 4.78 is 0. The number of hydrogen-bond donors (Lipinski definition) is 2. The molecule has 0 spiro atoms. The fourth-order valence-electron chi connectivity index (χ4n) is 3.00. The lowest BCUT2D eigenvalue weighted by Gasteiger charge is -2.14. The van der Waals surface area contributed by atoms with Gasteiger partial charge in [0.1, 0.15) is 0 Å². The van der Waals surface area contributed by atoms with Crippen molar-refractivity contribution in [3.63, 3.8) is 0 Å². The minimum absolute atomic E-state index is 0.0208. The van der Waals surface area contributed by atoms with Crippen molar-refractivity contribution in [3.8, 4) is 0 Å². The van der Waals surface area contributed by atoms with Crippen LogP contribution in [0.1, 0.15) is 34.6 Å². The molecule has 1 aromatic carbocycles. The molecular weight excluding hydrogens is 248 g/mol. The van der Waals surface area contributed by atoms with Gasteiger partial charge in [-0.25, -0.2) is 0 Å². The van der Waals surface area contributed by atoms with Crippen molar-refractivity contribution in [3.05, 3.63) is 30.3 Å². The van der Waals surface area contributed by atoms with Crippen molar-refractivity contribution >= 4 is 11.6 Å². The molecule has 1 aliphatic carbocycles. The maximum absolute atomic E-state index is 12.1. The SMILES string of the molecule is CC(NCC1C(C)(C)C1(C)C)C(=O)Nc1ccccc1. The minimum Gasteiger partial charge on any atom is -0.325 e. The maximum atomic E-state index is 12.1. The Labute approximate surface area is 122 Å². The van der Waals surface area contributed by atoms with Crippen LogP contribution in [0.25, 0.3) is 0 Å². The van der Waals surface area contributed by atoms with E-state index in [4.69, 9.17) is 0 Å². The van der Waals surface area contributed by atoms with E-state index < -0.39 is 0 Å². The Morgan fingerprint density at radius 1 is 1.15 bits per heavy atom. The van der Waals surface area contributed by atoms with Gasteiger partial charge in [0.2, 0.25) is 5.91 Å². The molecule has 0 bridgehead atoms. The molecule has 1 aromatic rings. The number of anilines is 1. The van der Waals surface area contributed by atoms with Crippen LogP contribution in [0.15, 0.2) is 30.3 Å². The van der Waals surface area contributed by atoms with Gasteiger partial charge in [0.05, 0.1) is 6.04 Å². The molecular formula is C17H26N2O. The molecule has 0 radical (unpaired) electrons. The Morgan fingerprint density at radius 2 is 1.70 bits per heavy atom. The van der Waals surface area contributed by atoms with Crippen LogP contribution in [0.2, 0.25) is 0 Å². The number of carbonyl (C=O) groups is 1. The van der Waals surface area contributed by atoms with Crippen molar-refractivity contribution in [2.45, 2.75) is 40.7 Å². The van der Waals surface area contributed by atoms with Crippen molar-refractivity contribution in [1.82, 2.24) is 5.32 Å². The van der Waals surface area contributed by atoms with Gasteiger partial charge in [-0.15, -0.1) is 0 Å². The third-order valence-electron chi connectivity index (χ3n) is 5.38. The lowest BCUT2D eigenvalue weighted by Crippen LogP contribution is -2.39. The number of amides is 1. The molecule has 1 amide bonds. The first-order valence-electron chi connectivity index (χ1n) is 7.36. The summed E-state index contributed by atoms with van der Waals surface area (Å²) in [5.74, 6) is 0.648. The number of hydrogen-bond acceptors (Lipinski definition) is 2. The summed E-state index contributed by atoms with van der Waals surface area (Å²) in [6, 6.07) is 9.40. The molecule has 1 unspecified atom stereocenters. The van der Waals surface area contributed by atoms with E-state index >= 15 is 0 Å². The van der Waals surface area contributed by atoms with E-state index in [0.717, 1.165) is 12.2 Å². The van der Waals surface area contributed by atoms with Crippen molar-refractivity contribution in [2.24, 2.45) is 16.7 Å². The van der Waals surface area contributed by atoms with E-state index in [-0.39, 0.29) is 11.9 Å². The molecule has 110 valence electrons. The van der Waals surface area contributed by atoms with Gasteiger partial charge in [-0.05, 0) is 42.3 Å². The lowest BCUT2D eigenvalue weighted by molar-refractivity contribution is -0.117. The average Bonchev–Trinajstić information content (AvgIpc) is 2.78. The minimum atomic E-state index is -0.178. The van der Waals surface area contributed by atoms with Gasteiger partial charge in [0, 0.05) is 5.69 Å². The van der Waals surface area contributed by atoms with Crippen LogP contribution in [0, 0.1) is 16.7 Å². The van der Waals surface area contributed by atoms with Crippen molar-refractivity contribution in [2.75, 3.05) is 11.9 Å². The summed E-state index contributed by atoms with van der Waals surface area (Å²) in [6.07, 6.45) is 0. The average molecular weight is 274 g/mol. The Kier molecular flexibility index (Phi) is 3.92. The number of benzene rings is 1. The number of rotatable bonds is 5. The first kappa shape index (κ1) is 15.0. The van der Waals surface area contributed by atoms with E-state index in [0.29, 0.717) is 16.7 Å². The highest BCUT2D eigenvalue weighted by Crippen LogP contribution is 2.67. The second-order valence-electron chi connectivity index (χ2n) is 6.98. The van der Waals surface area contributed by atoms with Gasteiger partial charge in [0.15, 0.2) is 0 Å². The summed E-state index contributed by atoms with van der Waals surface area (Å²) in [5.41, 5.74) is 1.56. The van der Waals surface area contributed by atoms with Gasteiger partial charge in [-0.3, -0.25) is 4.79 Å². The van der Waals surface area contributed by atoms with Crippen LogP contribution >= 0.6 is 0 Å². The lowest BCUT2D eigenvalue weighted by atomic mass is 10.0. The molecule has 20 heavy (non-hydrogen) atoms. The molecule has 2 rings (SSSR count). The Hall–Kier alpha value is -1.35. The van der Waals surface area contributed by atoms with Crippen LogP contribution in [0.4, 0.5) is 5.69 Å². The number of para-hydroxylation sites is 1. The first-order valence-corrected chi connectivity index (χ1v) is 7.36. The molecule has 1 saturated carbocycles. The molecule has 0 saturated heterocycles. The molecule has 1 atom stereocenters. The first-order chi connectivity index (χ1) is 9.26. The quantitative estimate of drug-likeness (QED) is 0.865. The fraction of sp³-hybridized carbons (Fsp3) is 0.588. The molecule has 0 heterocycles. The standard InChI is InChI=1S/C17H26N2O/c1-12(15(20)19-13-9-7-6-8-10-13)18-11-14-16(2,3)17(14,4)5/h6-10,12,14,18H,11H2,1-5H3,(H,19,20). The Balaban J connectivity index is 1.81. The van der Waals surface area contributed by atoms with Gasteiger partial charge < -0.3 is 10.6 Å². The molecule has 3 nitrogen and oxygen atoms in total. The van der Waals surface area contributed by atoms with Crippen LogP contribution < -0.4 is 10.6 Å². The van der Waals surface area contributed by atoms with Gasteiger partial charge in [0.25, 0.3) is 0 Å².